The molecule has 0 saturated carbocycles. The van der Waals surface area contributed by atoms with E-state index < -0.39 is 6.29 Å². The minimum Gasteiger partial charge on any atom is -0.369 e. The fourth-order valence-electron chi connectivity index (χ4n) is 1.83. The Labute approximate surface area is 109 Å². The molecule has 7 nitrogen and oxygen atoms in total. The van der Waals surface area contributed by atoms with Gasteiger partial charge in [-0.1, -0.05) is 0 Å². The van der Waals surface area contributed by atoms with Gasteiger partial charge >= 0.3 is 0 Å². The van der Waals surface area contributed by atoms with Gasteiger partial charge in [0.25, 0.3) is 5.56 Å². The molecule has 2 rings (SSSR count). The average Bonchev–Trinajstić information content (AvgIpc) is 2.37. The maximum atomic E-state index is 12.0. The van der Waals surface area contributed by atoms with Gasteiger partial charge in [-0.3, -0.25) is 9.78 Å². The molecular weight excluding hydrogens is 248 g/mol. The first-order valence-electron chi connectivity index (χ1n) is 6.05. The number of nitrogens with zero attached hydrogens (tertiary/aromatic N) is 2. The maximum absolute atomic E-state index is 12.0. The van der Waals surface area contributed by atoms with Crippen molar-refractivity contribution in [1.29, 1.82) is 0 Å². The van der Waals surface area contributed by atoms with Crippen molar-refractivity contribution in [3.8, 4) is 0 Å². The molecule has 102 valence electrons. The van der Waals surface area contributed by atoms with Crippen molar-refractivity contribution in [3.63, 3.8) is 0 Å². The molecule has 0 fully saturated rings. The quantitative estimate of drug-likeness (QED) is 0.780. The first-order chi connectivity index (χ1) is 9.17. The number of nitrogens with one attached hydrogen (secondary N) is 1. The summed E-state index contributed by atoms with van der Waals surface area (Å²) in [4.78, 5) is 22.5. The Kier molecular flexibility index (Phi) is 4.08. The van der Waals surface area contributed by atoms with E-state index in [1.54, 1.807) is 12.3 Å². The first kappa shape index (κ1) is 13.4. The number of nitrogens with two attached hydrogens (primary N) is 1. The summed E-state index contributed by atoms with van der Waals surface area (Å²) >= 11 is 0. The van der Waals surface area contributed by atoms with Gasteiger partial charge in [-0.25, -0.2) is 4.98 Å². The van der Waals surface area contributed by atoms with Crippen molar-refractivity contribution in [2.45, 2.75) is 20.1 Å². The molecule has 0 atom stereocenters. The van der Waals surface area contributed by atoms with Crippen molar-refractivity contribution in [2.75, 3.05) is 18.9 Å². The van der Waals surface area contributed by atoms with E-state index in [1.165, 1.54) is 0 Å². The second-order valence-electron chi connectivity index (χ2n) is 3.79. The van der Waals surface area contributed by atoms with E-state index in [1.807, 2.05) is 13.8 Å². The van der Waals surface area contributed by atoms with Crippen molar-refractivity contribution >= 4 is 17.0 Å². The highest BCUT2D eigenvalue weighted by Gasteiger charge is 2.18. The van der Waals surface area contributed by atoms with Crippen LogP contribution in [-0.4, -0.2) is 28.2 Å². The zero-order chi connectivity index (χ0) is 13.8. The van der Waals surface area contributed by atoms with E-state index in [4.69, 9.17) is 15.2 Å². The topological polar surface area (TPSA) is 103 Å². The van der Waals surface area contributed by atoms with E-state index >= 15 is 0 Å². The Morgan fingerprint density at radius 2 is 2.05 bits per heavy atom. The Morgan fingerprint density at radius 3 is 2.68 bits per heavy atom. The zero-order valence-corrected chi connectivity index (χ0v) is 10.8. The lowest BCUT2D eigenvalue weighted by atomic mass is 10.1. The van der Waals surface area contributed by atoms with Crippen LogP contribution in [0.2, 0.25) is 0 Å². The number of fused-ring (bicyclic) bond motifs is 1. The number of rotatable bonds is 5. The SMILES string of the molecule is CCOC(OCC)c1ccnc2nc(N)[nH]c(=O)c12. The van der Waals surface area contributed by atoms with Crippen molar-refractivity contribution in [1.82, 2.24) is 15.0 Å². The molecular formula is C12H16N4O3. The molecule has 0 aliphatic heterocycles. The fourth-order valence-corrected chi connectivity index (χ4v) is 1.83. The van der Waals surface area contributed by atoms with Crippen LogP contribution in [0.25, 0.3) is 11.0 Å². The minimum atomic E-state index is -0.618. The molecule has 2 heterocycles. The van der Waals surface area contributed by atoms with Crippen molar-refractivity contribution in [2.24, 2.45) is 0 Å². The highest BCUT2D eigenvalue weighted by Crippen LogP contribution is 2.23. The molecule has 0 aliphatic carbocycles. The molecule has 0 radical (unpaired) electrons. The third-order valence-corrected chi connectivity index (χ3v) is 2.55. The summed E-state index contributed by atoms with van der Waals surface area (Å²) in [5.74, 6) is 0.0338. The lowest BCUT2D eigenvalue weighted by Gasteiger charge is -2.18. The summed E-state index contributed by atoms with van der Waals surface area (Å²) in [5, 5.41) is 0.337. The largest absolute Gasteiger partial charge is 0.369 e. The minimum absolute atomic E-state index is 0.0338. The number of anilines is 1. The van der Waals surface area contributed by atoms with Crippen LogP contribution < -0.4 is 11.3 Å². The second kappa shape index (κ2) is 5.77. The monoisotopic (exact) mass is 264 g/mol. The molecule has 0 unspecified atom stereocenters. The normalized spacial score (nSPS) is 11.3. The fraction of sp³-hybridized carbons (Fsp3) is 0.417. The molecule has 2 aromatic rings. The van der Waals surface area contributed by atoms with E-state index in [9.17, 15) is 4.79 Å². The van der Waals surface area contributed by atoms with Gasteiger partial charge in [0, 0.05) is 25.0 Å². The standard InChI is InChI=1S/C12H16N4O3/c1-3-18-11(19-4-2)7-5-6-14-9-8(7)10(17)16-12(13)15-9/h5-6,11H,3-4H2,1-2H3,(H3,13,14,15,16,17). The van der Waals surface area contributed by atoms with Crippen LogP contribution in [0.1, 0.15) is 25.7 Å². The molecule has 3 N–H and O–H groups in total. The second-order valence-corrected chi connectivity index (χ2v) is 3.79. The number of aromatic amines is 1. The van der Waals surface area contributed by atoms with Gasteiger partial charge in [-0.2, -0.15) is 4.98 Å². The van der Waals surface area contributed by atoms with Crippen LogP contribution in [-0.2, 0) is 9.47 Å². The lowest BCUT2D eigenvalue weighted by molar-refractivity contribution is -0.139. The number of hydrogen-bond donors (Lipinski definition) is 2. The average molecular weight is 264 g/mol. The molecule has 0 bridgehead atoms. The summed E-state index contributed by atoms with van der Waals surface area (Å²) in [5.41, 5.74) is 6.03. The summed E-state index contributed by atoms with van der Waals surface area (Å²) in [6.45, 7) is 4.65. The molecule has 0 saturated heterocycles. The Balaban J connectivity index is 2.62. The van der Waals surface area contributed by atoms with Gasteiger partial charge in [-0.15, -0.1) is 0 Å². The van der Waals surface area contributed by atoms with Crippen LogP contribution in [0.5, 0.6) is 0 Å². The predicted octanol–water partition coefficient (Wildman–Crippen LogP) is 0.972. The van der Waals surface area contributed by atoms with Gasteiger partial charge in [0.05, 0.1) is 5.39 Å². The molecule has 0 aliphatic rings. The van der Waals surface area contributed by atoms with E-state index in [-0.39, 0.29) is 17.2 Å². The van der Waals surface area contributed by atoms with Crippen LogP contribution in [0.4, 0.5) is 5.95 Å². The predicted molar refractivity (Wildman–Crippen MR) is 70.6 cm³/mol. The van der Waals surface area contributed by atoms with Crippen LogP contribution in [0.3, 0.4) is 0 Å². The van der Waals surface area contributed by atoms with Gasteiger partial charge in [0.1, 0.15) is 0 Å². The number of nitrogen functional groups attached to an aromatic ring is 1. The molecule has 19 heavy (non-hydrogen) atoms. The van der Waals surface area contributed by atoms with E-state index in [2.05, 4.69) is 15.0 Å². The highest BCUT2D eigenvalue weighted by atomic mass is 16.7. The Morgan fingerprint density at radius 1 is 1.37 bits per heavy atom. The summed E-state index contributed by atoms with van der Waals surface area (Å²) in [6, 6.07) is 1.69. The summed E-state index contributed by atoms with van der Waals surface area (Å²) < 4.78 is 11.0. The molecule has 0 amide bonds. The lowest BCUT2D eigenvalue weighted by Crippen LogP contribution is -2.17. The maximum Gasteiger partial charge on any atom is 0.262 e. The number of ether oxygens (including phenoxy) is 2. The number of pyridine rings is 1. The zero-order valence-electron chi connectivity index (χ0n) is 10.8. The molecule has 7 heteroatoms. The smallest absolute Gasteiger partial charge is 0.262 e. The third-order valence-electron chi connectivity index (χ3n) is 2.55. The molecule has 0 spiro atoms. The van der Waals surface area contributed by atoms with Gasteiger partial charge in [-0.05, 0) is 19.9 Å². The van der Waals surface area contributed by atoms with E-state index in [0.717, 1.165) is 0 Å². The summed E-state index contributed by atoms with van der Waals surface area (Å²) in [6.07, 6.45) is 0.932. The van der Waals surface area contributed by atoms with Crippen molar-refractivity contribution < 1.29 is 9.47 Å². The first-order valence-corrected chi connectivity index (χ1v) is 6.05. The number of H-pyrrole nitrogens is 1. The van der Waals surface area contributed by atoms with Crippen LogP contribution >= 0.6 is 0 Å². The number of hydrogen-bond acceptors (Lipinski definition) is 6. The number of aromatic nitrogens is 3. The van der Waals surface area contributed by atoms with Crippen LogP contribution in [0.15, 0.2) is 17.1 Å². The summed E-state index contributed by atoms with van der Waals surface area (Å²) in [7, 11) is 0. The van der Waals surface area contributed by atoms with Crippen molar-refractivity contribution in [3.05, 3.63) is 28.2 Å². The Hall–Kier alpha value is -1.99. The van der Waals surface area contributed by atoms with Gasteiger partial charge in [0.15, 0.2) is 11.9 Å². The molecule has 0 aromatic carbocycles. The van der Waals surface area contributed by atoms with E-state index in [0.29, 0.717) is 24.2 Å². The van der Waals surface area contributed by atoms with Gasteiger partial charge < -0.3 is 15.2 Å². The molecule has 2 aromatic heterocycles. The van der Waals surface area contributed by atoms with Crippen LogP contribution in [0, 0.1) is 0 Å². The third kappa shape index (κ3) is 2.72. The Bertz CT molecular complexity index is 620. The van der Waals surface area contributed by atoms with Gasteiger partial charge in [0.2, 0.25) is 5.95 Å². The highest BCUT2D eigenvalue weighted by molar-refractivity contribution is 5.78.